The number of carbonyl (C=O) groups is 1. The first kappa shape index (κ1) is 24.4. The van der Waals surface area contributed by atoms with Crippen LogP contribution in [0.15, 0.2) is 65.9 Å². The molecule has 1 aliphatic rings. The third-order valence-corrected chi connectivity index (χ3v) is 5.92. The molecule has 4 nitrogen and oxygen atoms in total. The van der Waals surface area contributed by atoms with Crippen LogP contribution in [0.25, 0.3) is 5.57 Å². The van der Waals surface area contributed by atoms with Gasteiger partial charge in [-0.15, -0.1) is 0 Å². The van der Waals surface area contributed by atoms with E-state index in [4.69, 9.17) is 5.41 Å². The van der Waals surface area contributed by atoms with E-state index in [-0.39, 0.29) is 23.2 Å². The van der Waals surface area contributed by atoms with E-state index >= 15 is 0 Å². The molecule has 0 radical (unpaired) electrons. The maximum Gasteiger partial charge on any atom is 0.433 e. The van der Waals surface area contributed by atoms with Crippen molar-refractivity contribution in [3.8, 4) is 0 Å². The zero-order valence-corrected chi connectivity index (χ0v) is 18.8. The number of rotatable bonds is 6. The Labute approximate surface area is 192 Å². The molecule has 174 valence electrons. The van der Waals surface area contributed by atoms with Crippen LogP contribution in [0.4, 0.5) is 13.2 Å². The number of halogens is 3. The summed E-state index contributed by atoms with van der Waals surface area (Å²) in [4.78, 5) is 15.2. The fourth-order valence-electron chi connectivity index (χ4n) is 4.45. The van der Waals surface area contributed by atoms with E-state index in [2.05, 4.69) is 10.3 Å². The first-order valence-corrected chi connectivity index (χ1v) is 11.0. The van der Waals surface area contributed by atoms with Gasteiger partial charge in [0.2, 0.25) is 5.91 Å². The topological polar surface area (TPSA) is 65.8 Å². The Hall–Kier alpha value is -3.22. The molecule has 0 aliphatic heterocycles. The number of amidine groups is 1. The third-order valence-electron chi connectivity index (χ3n) is 5.92. The quantitative estimate of drug-likeness (QED) is 0.394. The molecule has 33 heavy (non-hydrogen) atoms. The first-order valence-electron chi connectivity index (χ1n) is 11.0. The van der Waals surface area contributed by atoms with Gasteiger partial charge < -0.3 is 5.32 Å². The normalized spacial score (nSPS) is 17.1. The third kappa shape index (κ3) is 6.18. The van der Waals surface area contributed by atoms with E-state index in [0.717, 1.165) is 16.7 Å². The number of pyridine rings is 1. The first-order chi connectivity index (χ1) is 15.7. The van der Waals surface area contributed by atoms with E-state index in [0.29, 0.717) is 37.7 Å². The lowest BCUT2D eigenvalue weighted by Crippen LogP contribution is -2.31. The lowest BCUT2D eigenvalue weighted by atomic mass is 9.78. The van der Waals surface area contributed by atoms with Gasteiger partial charge in [-0.05, 0) is 54.4 Å². The van der Waals surface area contributed by atoms with Gasteiger partial charge in [0.15, 0.2) is 5.69 Å². The van der Waals surface area contributed by atoms with Gasteiger partial charge in [-0.2, -0.15) is 13.2 Å². The van der Waals surface area contributed by atoms with Crippen molar-refractivity contribution in [2.24, 2.45) is 5.92 Å². The van der Waals surface area contributed by atoms with E-state index in [1.165, 1.54) is 25.3 Å². The van der Waals surface area contributed by atoms with Crippen molar-refractivity contribution >= 4 is 17.3 Å². The molecule has 1 aliphatic carbocycles. The highest BCUT2D eigenvalue weighted by atomic mass is 19.4. The number of nitrogens with one attached hydrogen (secondary N) is 2. The second-order valence-electron chi connectivity index (χ2n) is 8.17. The molecule has 2 N–H and O–H groups in total. The number of hydrogen-bond donors (Lipinski definition) is 2. The zero-order chi connectivity index (χ0) is 24.0. The van der Waals surface area contributed by atoms with Crippen molar-refractivity contribution in [3.05, 3.63) is 82.7 Å². The maximum absolute atomic E-state index is 13.4. The van der Waals surface area contributed by atoms with E-state index in [1.54, 1.807) is 0 Å². The predicted octanol–water partition coefficient (Wildman–Crippen LogP) is 6.35. The Morgan fingerprint density at radius 1 is 1.18 bits per heavy atom. The van der Waals surface area contributed by atoms with Gasteiger partial charge in [-0.3, -0.25) is 15.2 Å². The van der Waals surface area contributed by atoms with E-state index < -0.39 is 11.9 Å². The number of carbonyl (C=O) groups excluding carboxylic acids is 1. The SMILES string of the molecule is CC/C(=C(/Cc1ccccc1)C(=N)NC(C)=O)C1CC=C(c2cccnc2C(F)(F)F)CC1. The fourth-order valence-corrected chi connectivity index (χ4v) is 4.45. The summed E-state index contributed by atoms with van der Waals surface area (Å²) in [6.07, 6.45) is 1.49. The largest absolute Gasteiger partial charge is 0.433 e. The van der Waals surface area contributed by atoms with Crippen LogP contribution in [0.3, 0.4) is 0 Å². The molecule has 7 heteroatoms. The van der Waals surface area contributed by atoms with Crippen LogP contribution in [0.2, 0.25) is 0 Å². The summed E-state index contributed by atoms with van der Waals surface area (Å²) in [6, 6.07) is 12.8. The van der Waals surface area contributed by atoms with Gasteiger partial charge in [0.1, 0.15) is 5.84 Å². The second kappa shape index (κ2) is 10.6. The lowest BCUT2D eigenvalue weighted by molar-refractivity contribution is -0.141. The molecule has 0 spiro atoms. The summed E-state index contributed by atoms with van der Waals surface area (Å²) in [7, 11) is 0. The van der Waals surface area contributed by atoms with Gasteiger partial charge in [0, 0.05) is 25.1 Å². The number of hydrogen-bond acceptors (Lipinski definition) is 3. The summed E-state index contributed by atoms with van der Waals surface area (Å²) in [5.41, 5.74) is 2.82. The van der Waals surface area contributed by atoms with Crippen LogP contribution in [0.1, 0.15) is 56.4 Å². The number of allylic oxidation sites excluding steroid dienone is 3. The summed E-state index contributed by atoms with van der Waals surface area (Å²) in [6.45, 7) is 3.39. The Morgan fingerprint density at radius 2 is 1.91 bits per heavy atom. The number of alkyl halides is 3. The Morgan fingerprint density at radius 3 is 2.48 bits per heavy atom. The Balaban J connectivity index is 1.93. The second-order valence-corrected chi connectivity index (χ2v) is 8.17. The van der Waals surface area contributed by atoms with Crippen LogP contribution in [0, 0.1) is 11.3 Å². The number of amides is 1. The van der Waals surface area contributed by atoms with Crippen molar-refractivity contribution in [2.75, 3.05) is 0 Å². The van der Waals surface area contributed by atoms with Crippen molar-refractivity contribution in [3.63, 3.8) is 0 Å². The average molecular weight is 456 g/mol. The summed E-state index contributed by atoms with van der Waals surface area (Å²) in [5.74, 6) is -0.120. The molecule has 3 rings (SSSR count). The molecule has 1 amide bonds. The van der Waals surface area contributed by atoms with Crippen molar-refractivity contribution < 1.29 is 18.0 Å². The van der Waals surface area contributed by atoms with Crippen LogP contribution in [0.5, 0.6) is 0 Å². The van der Waals surface area contributed by atoms with Gasteiger partial charge in [-0.1, -0.05) is 55.0 Å². The molecule has 1 atom stereocenters. The van der Waals surface area contributed by atoms with Crippen LogP contribution >= 0.6 is 0 Å². The molecule has 0 saturated heterocycles. The molecule has 1 aromatic carbocycles. The standard InChI is InChI=1S/C26H28F3N3O/c1-3-21(23(25(30)32-17(2)33)16-18-8-5-4-6-9-18)19-11-13-20(14-12-19)22-10-7-15-31-24(22)26(27,28)29/h4-10,13,15,19H,3,11-12,14,16H2,1-2H3,(H2,30,32,33)/b23-21+. The molecule has 2 aromatic rings. The van der Waals surface area contributed by atoms with Gasteiger partial charge in [0.25, 0.3) is 0 Å². The molecule has 1 heterocycles. The summed E-state index contributed by atoms with van der Waals surface area (Å²) in [5, 5.41) is 11.1. The Bertz CT molecular complexity index is 1070. The van der Waals surface area contributed by atoms with Crippen LogP contribution < -0.4 is 5.32 Å². The number of benzene rings is 1. The molecule has 1 unspecified atom stereocenters. The van der Waals surface area contributed by atoms with Crippen LogP contribution in [-0.4, -0.2) is 16.7 Å². The molecule has 0 fully saturated rings. The highest BCUT2D eigenvalue weighted by Gasteiger charge is 2.36. The fraction of sp³-hybridized carbons (Fsp3) is 0.346. The lowest BCUT2D eigenvalue weighted by Gasteiger charge is -2.28. The predicted molar refractivity (Wildman–Crippen MR) is 124 cm³/mol. The number of nitrogens with zero attached hydrogens (tertiary/aromatic N) is 1. The Kier molecular flexibility index (Phi) is 7.84. The summed E-state index contributed by atoms with van der Waals surface area (Å²) >= 11 is 0. The highest BCUT2D eigenvalue weighted by Crippen LogP contribution is 2.40. The minimum Gasteiger partial charge on any atom is -0.311 e. The molecule has 1 aromatic heterocycles. The average Bonchev–Trinajstić information content (AvgIpc) is 2.79. The summed E-state index contributed by atoms with van der Waals surface area (Å²) < 4.78 is 40.2. The molecule has 0 saturated carbocycles. The minimum absolute atomic E-state index is 0.0876. The highest BCUT2D eigenvalue weighted by molar-refractivity contribution is 6.06. The van der Waals surface area contributed by atoms with Crippen molar-refractivity contribution in [1.29, 1.82) is 5.41 Å². The smallest absolute Gasteiger partial charge is 0.311 e. The van der Waals surface area contributed by atoms with E-state index in [1.807, 2.05) is 43.3 Å². The monoisotopic (exact) mass is 455 g/mol. The van der Waals surface area contributed by atoms with E-state index in [9.17, 15) is 18.0 Å². The van der Waals surface area contributed by atoms with Gasteiger partial charge in [0.05, 0.1) is 0 Å². The molecular weight excluding hydrogens is 427 g/mol. The number of aromatic nitrogens is 1. The van der Waals surface area contributed by atoms with Gasteiger partial charge >= 0.3 is 6.18 Å². The minimum atomic E-state index is -4.50. The molecular formula is C26H28F3N3O. The van der Waals surface area contributed by atoms with Crippen molar-refractivity contribution in [2.45, 2.75) is 52.1 Å². The maximum atomic E-state index is 13.4. The van der Waals surface area contributed by atoms with Crippen LogP contribution in [-0.2, 0) is 17.4 Å². The molecule has 0 bridgehead atoms. The van der Waals surface area contributed by atoms with Crippen molar-refractivity contribution in [1.82, 2.24) is 10.3 Å². The van der Waals surface area contributed by atoms with Gasteiger partial charge in [-0.25, -0.2) is 0 Å². The zero-order valence-electron chi connectivity index (χ0n) is 18.8.